The third kappa shape index (κ3) is 2.80. The van der Waals surface area contributed by atoms with Crippen LogP contribution in [0.1, 0.15) is 35.7 Å². The molecule has 2 amide bonds. The second-order valence-corrected chi connectivity index (χ2v) is 6.53. The average Bonchev–Trinajstić information content (AvgIpc) is 3.33. The number of nitrogens with two attached hydrogens (primary N) is 1. The Labute approximate surface area is 145 Å². The van der Waals surface area contributed by atoms with E-state index in [1.165, 1.54) is 5.57 Å². The highest BCUT2D eigenvalue weighted by Gasteiger charge is 2.34. The Balaban J connectivity index is 1.70. The van der Waals surface area contributed by atoms with Crippen LogP contribution in [0.4, 0.5) is 0 Å². The zero-order chi connectivity index (χ0) is 17.6. The summed E-state index contributed by atoms with van der Waals surface area (Å²) in [5.41, 5.74) is 9.13. The van der Waals surface area contributed by atoms with Crippen molar-refractivity contribution in [2.75, 3.05) is 0 Å². The van der Waals surface area contributed by atoms with Crippen LogP contribution in [0.2, 0.25) is 0 Å². The Morgan fingerprint density at radius 1 is 1.28 bits per heavy atom. The maximum Gasteiger partial charge on any atom is 0.269 e. The van der Waals surface area contributed by atoms with Gasteiger partial charge in [0.15, 0.2) is 0 Å². The molecular weight excluding hydrogens is 316 g/mol. The van der Waals surface area contributed by atoms with Gasteiger partial charge in [-0.15, -0.1) is 0 Å². The predicted octanol–water partition coefficient (Wildman–Crippen LogP) is 2.27. The van der Waals surface area contributed by atoms with Crippen LogP contribution in [0.15, 0.2) is 53.3 Å². The summed E-state index contributed by atoms with van der Waals surface area (Å²) in [5, 5.41) is 4.35. The van der Waals surface area contributed by atoms with E-state index < -0.39 is 5.91 Å². The van der Waals surface area contributed by atoms with Crippen LogP contribution in [0.3, 0.4) is 0 Å². The zero-order valence-corrected chi connectivity index (χ0v) is 13.8. The maximum absolute atomic E-state index is 12.0. The van der Waals surface area contributed by atoms with Crippen molar-refractivity contribution in [2.45, 2.75) is 19.8 Å². The lowest BCUT2D eigenvalue weighted by Crippen LogP contribution is -2.22. The highest BCUT2D eigenvalue weighted by atomic mass is 16.1. The Hall–Kier alpha value is -3.02. The van der Waals surface area contributed by atoms with E-state index in [2.05, 4.69) is 17.0 Å². The lowest BCUT2D eigenvalue weighted by Gasteiger charge is -2.20. The normalized spacial score (nSPS) is 20.2. The topological polar surface area (TPSA) is 90.3 Å². The molecule has 1 saturated carbocycles. The number of aromatic nitrogens is 2. The molecule has 126 valence electrons. The molecule has 1 unspecified atom stereocenters. The van der Waals surface area contributed by atoms with Gasteiger partial charge in [0.05, 0.1) is 23.2 Å². The number of allylic oxidation sites excluding steroid dienone is 1. The van der Waals surface area contributed by atoms with E-state index in [1.807, 2.05) is 6.07 Å². The molecule has 0 spiro atoms. The summed E-state index contributed by atoms with van der Waals surface area (Å²) in [4.78, 5) is 27.8. The smallest absolute Gasteiger partial charge is 0.269 e. The number of para-hydroxylation sites is 1. The third-order valence-corrected chi connectivity index (χ3v) is 4.77. The monoisotopic (exact) mass is 334 g/mol. The largest absolute Gasteiger partial charge is 0.366 e. The van der Waals surface area contributed by atoms with Crippen molar-refractivity contribution in [3.8, 4) is 5.69 Å². The van der Waals surface area contributed by atoms with Crippen LogP contribution >= 0.6 is 0 Å². The van der Waals surface area contributed by atoms with Gasteiger partial charge in [0, 0.05) is 23.8 Å². The van der Waals surface area contributed by atoms with Gasteiger partial charge in [0.2, 0.25) is 0 Å². The first kappa shape index (κ1) is 15.5. The first-order chi connectivity index (χ1) is 12.0. The lowest BCUT2D eigenvalue weighted by atomic mass is 9.87. The van der Waals surface area contributed by atoms with Gasteiger partial charge in [-0.2, -0.15) is 5.10 Å². The first-order valence-corrected chi connectivity index (χ1v) is 8.33. The number of aliphatic imine (C=N–C) groups is 1. The molecule has 2 heterocycles. The van der Waals surface area contributed by atoms with Crippen LogP contribution in [0.5, 0.6) is 0 Å². The number of carbonyl (C=O) groups is 2. The number of primary amides is 1. The van der Waals surface area contributed by atoms with Crippen LogP contribution in [-0.2, 0) is 4.79 Å². The highest BCUT2D eigenvalue weighted by Crippen LogP contribution is 2.42. The second kappa shape index (κ2) is 5.81. The first-order valence-electron chi connectivity index (χ1n) is 8.33. The molecule has 25 heavy (non-hydrogen) atoms. The molecule has 0 bridgehead atoms. The molecule has 1 fully saturated rings. The average molecular weight is 334 g/mol. The number of hydrogen-bond acceptors (Lipinski definition) is 3. The number of dihydropyridines is 1. The molecule has 0 saturated heterocycles. The Kier molecular flexibility index (Phi) is 3.60. The van der Waals surface area contributed by atoms with Crippen LogP contribution in [0.25, 0.3) is 5.69 Å². The summed E-state index contributed by atoms with van der Waals surface area (Å²) >= 11 is 0. The Morgan fingerprint density at radius 3 is 2.76 bits per heavy atom. The van der Waals surface area contributed by atoms with Crippen molar-refractivity contribution in [3.05, 3.63) is 59.4 Å². The van der Waals surface area contributed by atoms with Crippen LogP contribution in [-0.4, -0.2) is 27.3 Å². The van der Waals surface area contributed by atoms with Gasteiger partial charge in [-0.05, 0) is 30.9 Å². The van der Waals surface area contributed by atoms with Gasteiger partial charge in [0.1, 0.15) is 0 Å². The fraction of sp³-hybridized carbons (Fsp3) is 0.263. The van der Waals surface area contributed by atoms with E-state index in [4.69, 9.17) is 5.73 Å². The SMILES string of the molecule is CC1C(C2CC2)=CC(=O)N=C1c1cnn(-c2ccccc2C(N)=O)c1. The van der Waals surface area contributed by atoms with Gasteiger partial charge < -0.3 is 5.73 Å². The molecule has 2 N–H and O–H groups in total. The molecule has 2 aliphatic rings. The lowest BCUT2D eigenvalue weighted by molar-refractivity contribution is -0.113. The van der Waals surface area contributed by atoms with E-state index in [-0.39, 0.29) is 11.8 Å². The minimum absolute atomic E-state index is 0.0919. The number of amides is 2. The standard InChI is InChI=1S/C19H18N4O2/c1-11-15(12-6-7-12)8-17(24)22-18(11)13-9-21-23(10-13)16-5-3-2-4-14(16)19(20)25/h2-5,8-12H,6-7H2,1H3,(H2,20,25). The number of benzene rings is 1. The number of carbonyl (C=O) groups excluding carboxylic acids is 2. The van der Waals surface area contributed by atoms with Crippen molar-refractivity contribution in [1.82, 2.24) is 9.78 Å². The van der Waals surface area contributed by atoms with Crippen molar-refractivity contribution in [2.24, 2.45) is 22.6 Å². The fourth-order valence-electron chi connectivity index (χ4n) is 3.34. The minimum Gasteiger partial charge on any atom is -0.366 e. The van der Waals surface area contributed by atoms with Crippen LogP contribution < -0.4 is 5.73 Å². The molecule has 0 radical (unpaired) electrons. The summed E-state index contributed by atoms with van der Waals surface area (Å²) in [6.07, 6.45) is 7.43. The Bertz CT molecular complexity index is 934. The van der Waals surface area contributed by atoms with Gasteiger partial charge in [0.25, 0.3) is 11.8 Å². The summed E-state index contributed by atoms with van der Waals surface area (Å²) in [5.74, 6) is -0.116. The minimum atomic E-state index is -0.509. The summed E-state index contributed by atoms with van der Waals surface area (Å²) in [6.45, 7) is 2.07. The molecular formula is C19H18N4O2. The van der Waals surface area contributed by atoms with Crippen molar-refractivity contribution >= 4 is 17.5 Å². The number of hydrogen-bond donors (Lipinski definition) is 1. The summed E-state index contributed by atoms with van der Waals surface area (Å²) in [7, 11) is 0. The molecule has 2 aromatic rings. The van der Waals surface area contributed by atoms with E-state index in [0.29, 0.717) is 17.2 Å². The predicted molar refractivity (Wildman–Crippen MR) is 93.6 cm³/mol. The molecule has 1 atom stereocenters. The number of nitrogens with zero attached hydrogens (tertiary/aromatic N) is 3. The van der Waals surface area contributed by atoms with Crippen molar-refractivity contribution in [3.63, 3.8) is 0 Å². The molecule has 6 nitrogen and oxygen atoms in total. The summed E-state index contributed by atoms with van der Waals surface area (Å²) < 4.78 is 1.60. The van der Waals surface area contributed by atoms with Gasteiger partial charge in [-0.25, -0.2) is 9.67 Å². The quantitative estimate of drug-likeness (QED) is 0.930. The second-order valence-electron chi connectivity index (χ2n) is 6.53. The van der Waals surface area contributed by atoms with Gasteiger partial charge in [-0.3, -0.25) is 9.59 Å². The summed E-state index contributed by atoms with van der Waals surface area (Å²) in [6, 6.07) is 7.02. The van der Waals surface area contributed by atoms with Gasteiger partial charge >= 0.3 is 0 Å². The molecule has 1 aromatic carbocycles. The van der Waals surface area contributed by atoms with Crippen molar-refractivity contribution in [1.29, 1.82) is 0 Å². The van der Waals surface area contributed by atoms with E-state index in [1.54, 1.807) is 41.4 Å². The van der Waals surface area contributed by atoms with Crippen LogP contribution in [0, 0.1) is 11.8 Å². The highest BCUT2D eigenvalue weighted by molar-refractivity contribution is 6.13. The van der Waals surface area contributed by atoms with Crippen molar-refractivity contribution < 1.29 is 9.59 Å². The van der Waals surface area contributed by atoms with E-state index in [9.17, 15) is 9.59 Å². The van der Waals surface area contributed by atoms with E-state index in [0.717, 1.165) is 24.1 Å². The third-order valence-electron chi connectivity index (χ3n) is 4.77. The molecule has 1 aliphatic carbocycles. The molecule has 1 aromatic heterocycles. The zero-order valence-electron chi connectivity index (χ0n) is 13.8. The van der Waals surface area contributed by atoms with Gasteiger partial charge in [-0.1, -0.05) is 24.6 Å². The maximum atomic E-state index is 12.0. The van der Waals surface area contributed by atoms with E-state index >= 15 is 0 Å². The molecule has 6 heteroatoms. The molecule has 4 rings (SSSR count). The fourth-order valence-corrected chi connectivity index (χ4v) is 3.34. The molecule has 1 aliphatic heterocycles. The number of rotatable bonds is 4. The Morgan fingerprint density at radius 2 is 2.04 bits per heavy atom.